The molecule has 1 fully saturated rings. The minimum Gasteiger partial charge on any atom is -0.376 e. The SMILES string of the molecule is CCC1CN(c2nc3ncccc3cc2C#N)CCCO1. The molecule has 0 bridgehead atoms. The molecule has 0 N–H and O–H groups in total. The number of rotatable bonds is 2. The normalized spacial score (nSPS) is 19.2. The summed E-state index contributed by atoms with van der Waals surface area (Å²) in [5.41, 5.74) is 1.29. The highest BCUT2D eigenvalue weighted by Gasteiger charge is 2.21. The van der Waals surface area contributed by atoms with Crippen LogP contribution in [0.5, 0.6) is 0 Å². The first-order valence-corrected chi connectivity index (χ1v) is 7.34. The Hall–Kier alpha value is -2.19. The second kappa shape index (κ2) is 6.06. The molecule has 1 aliphatic heterocycles. The molecule has 0 radical (unpaired) electrons. The van der Waals surface area contributed by atoms with Crippen LogP contribution < -0.4 is 4.90 Å². The molecule has 1 atom stereocenters. The van der Waals surface area contributed by atoms with E-state index in [-0.39, 0.29) is 6.10 Å². The first-order chi connectivity index (χ1) is 10.3. The number of hydrogen-bond acceptors (Lipinski definition) is 5. The molecule has 0 amide bonds. The van der Waals surface area contributed by atoms with E-state index in [9.17, 15) is 5.26 Å². The van der Waals surface area contributed by atoms with E-state index >= 15 is 0 Å². The van der Waals surface area contributed by atoms with Crippen LogP contribution in [0.4, 0.5) is 5.82 Å². The van der Waals surface area contributed by atoms with Gasteiger partial charge in [-0.25, -0.2) is 9.97 Å². The topological polar surface area (TPSA) is 62.0 Å². The Morgan fingerprint density at radius 2 is 2.43 bits per heavy atom. The molecular weight excluding hydrogens is 264 g/mol. The summed E-state index contributed by atoms with van der Waals surface area (Å²) in [6.07, 6.45) is 3.83. The summed E-state index contributed by atoms with van der Waals surface area (Å²) in [7, 11) is 0. The molecule has 0 spiro atoms. The summed E-state index contributed by atoms with van der Waals surface area (Å²) >= 11 is 0. The lowest BCUT2D eigenvalue weighted by atomic mass is 10.2. The van der Waals surface area contributed by atoms with Gasteiger partial charge in [-0.15, -0.1) is 0 Å². The van der Waals surface area contributed by atoms with Crippen molar-refractivity contribution in [3.8, 4) is 6.07 Å². The van der Waals surface area contributed by atoms with Gasteiger partial charge in [0.05, 0.1) is 11.7 Å². The molecule has 1 unspecified atom stereocenters. The molecular formula is C16H18N4O. The minimum absolute atomic E-state index is 0.195. The Labute approximate surface area is 124 Å². The molecule has 5 heteroatoms. The summed E-state index contributed by atoms with van der Waals surface area (Å²) in [5.74, 6) is 0.729. The zero-order chi connectivity index (χ0) is 14.7. The molecule has 2 aromatic heterocycles. The van der Waals surface area contributed by atoms with Crippen LogP contribution in [0.15, 0.2) is 24.4 Å². The van der Waals surface area contributed by atoms with Crippen molar-refractivity contribution < 1.29 is 4.74 Å². The van der Waals surface area contributed by atoms with Gasteiger partial charge < -0.3 is 9.64 Å². The Balaban J connectivity index is 2.03. The predicted molar refractivity (Wildman–Crippen MR) is 81.1 cm³/mol. The number of hydrogen-bond donors (Lipinski definition) is 0. The molecule has 0 aromatic carbocycles. The second-order valence-corrected chi connectivity index (χ2v) is 5.22. The lowest BCUT2D eigenvalue weighted by Crippen LogP contribution is -2.32. The number of aromatic nitrogens is 2. The zero-order valence-electron chi connectivity index (χ0n) is 12.1. The molecule has 5 nitrogen and oxygen atoms in total. The van der Waals surface area contributed by atoms with Crippen molar-refractivity contribution >= 4 is 16.9 Å². The van der Waals surface area contributed by atoms with Gasteiger partial charge in [-0.05, 0) is 31.0 Å². The van der Waals surface area contributed by atoms with E-state index in [1.54, 1.807) is 6.20 Å². The van der Waals surface area contributed by atoms with Gasteiger partial charge in [0.2, 0.25) is 0 Å². The van der Waals surface area contributed by atoms with Crippen LogP contribution in [-0.2, 0) is 4.74 Å². The Morgan fingerprint density at radius 1 is 1.52 bits per heavy atom. The second-order valence-electron chi connectivity index (χ2n) is 5.22. The van der Waals surface area contributed by atoms with Gasteiger partial charge >= 0.3 is 0 Å². The Morgan fingerprint density at radius 3 is 3.24 bits per heavy atom. The lowest BCUT2D eigenvalue weighted by Gasteiger charge is -2.25. The summed E-state index contributed by atoms with van der Waals surface area (Å²) in [5, 5.41) is 10.3. The first-order valence-electron chi connectivity index (χ1n) is 7.34. The van der Waals surface area contributed by atoms with Crippen LogP contribution in [0.3, 0.4) is 0 Å². The average Bonchev–Trinajstić information content (AvgIpc) is 2.79. The fourth-order valence-electron chi connectivity index (χ4n) is 2.65. The molecule has 0 saturated carbocycles. The molecule has 3 rings (SSSR count). The van der Waals surface area contributed by atoms with Crippen LogP contribution in [0.1, 0.15) is 25.3 Å². The third-order valence-corrected chi connectivity index (χ3v) is 3.79. The number of fused-ring (bicyclic) bond motifs is 1. The van der Waals surface area contributed by atoms with Crippen LogP contribution >= 0.6 is 0 Å². The smallest absolute Gasteiger partial charge is 0.161 e. The highest BCUT2D eigenvalue weighted by molar-refractivity contribution is 5.79. The van der Waals surface area contributed by atoms with E-state index in [2.05, 4.69) is 27.9 Å². The third-order valence-electron chi connectivity index (χ3n) is 3.79. The van der Waals surface area contributed by atoms with Gasteiger partial charge in [0, 0.05) is 31.3 Å². The quantitative estimate of drug-likeness (QED) is 0.847. The van der Waals surface area contributed by atoms with E-state index < -0.39 is 0 Å². The van der Waals surface area contributed by atoms with E-state index in [1.165, 1.54) is 0 Å². The summed E-state index contributed by atoms with van der Waals surface area (Å²) in [4.78, 5) is 11.1. The van der Waals surface area contributed by atoms with Crippen LogP contribution in [-0.4, -0.2) is 35.8 Å². The van der Waals surface area contributed by atoms with E-state index in [1.807, 2.05) is 18.2 Å². The monoisotopic (exact) mass is 282 g/mol. The highest BCUT2D eigenvalue weighted by atomic mass is 16.5. The Bertz CT molecular complexity index is 680. The standard InChI is InChI=1S/C16H18N4O/c1-2-14-11-20(7-4-8-21-14)16-13(10-17)9-12-5-3-6-18-15(12)19-16/h3,5-6,9,14H,2,4,7-8,11H2,1H3. The van der Waals surface area contributed by atoms with E-state index in [0.717, 1.165) is 43.7 Å². The van der Waals surface area contributed by atoms with Gasteiger partial charge in [-0.3, -0.25) is 0 Å². The van der Waals surface area contributed by atoms with Crippen LogP contribution in [0.2, 0.25) is 0 Å². The van der Waals surface area contributed by atoms with Crippen molar-refractivity contribution in [2.75, 3.05) is 24.6 Å². The first kappa shape index (κ1) is 13.8. The molecule has 0 aliphatic carbocycles. The molecule has 2 aromatic rings. The van der Waals surface area contributed by atoms with Crippen LogP contribution in [0.25, 0.3) is 11.0 Å². The Kier molecular flexibility index (Phi) is 3.98. The predicted octanol–water partition coefficient (Wildman–Crippen LogP) is 2.51. The number of nitrogens with zero attached hydrogens (tertiary/aromatic N) is 4. The third kappa shape index (κ3) is 2.81. The van der Waals surface area contributed by atoms with Gasteiger partial charge in [0.15, 0.2) is 5.65 Å². The molecule has 21 heavy (non-hydrogen) atoms. The maximum Gasteiger partial charge on any atom is 0.161 e. The van der Waals surface area contributed by atoms with Crippen molar-refractivity contribution in [1.82, 2.24) is 9.97 Å². The maximum atomic E-state index is 9.43. The largest absolute Gasteiger partial charge is 0.376 e. The van der Waals surface area contributed by atoms with Gasteiger partial charge in [-0.2, -0.15) is 5.26 Å². The van der Waals surface area contributed by atoms with E-state index in [4.69, 9.17) is 4.74 Å². The van der Waals surface area contributed by atoms with Crippen molar-refractivity contribution in [2.24, 2.45) is 0 Å². The van der Waals surface area contributed by atoms with Gasteiger partial charge in [-0.1, -0.05) is 6.92 Å². The fraction of sp³-hybridized carbons (Fsp3) is 0.438. The van der Waals surface area contributed by atoms with Crippen molar-refractivity contribution in [3.63, 3.8) is 0 Å². The van der Waals surface area contributed by atoms with Crippen molar-refractivity contribution in [2.45, 2.75) is 25.9 Å². The fourth-order valence-corrected chi connectivity index (χ4v) is 2.65. The summed E-state index contributed by atoms with van der Waals surface area (Å²) in [6, 6.07) is 7.93. The van der Waals surface area contributed by atoms with Gasteiger partial charge in [0.1, 0.15) is 11.9 Å². The lowest BCUT2D eigenvalue weighted by molar-refractivity contribution is 0.0664. The molecule has 1 saturated heterocycles. The average molecular weight is 282 g/mol. The summed E-state index contributed by atoms with van der Waals surface area (Å²) in [6.45, 7) is 4.52. The molecule has 108 valence electrons. The van der Waals surface area contributed by atoms with Crippen molar-refractivity contribution in [3.05, 3.63) is 30.0 Å². The zero-order valence-corrected chi connectivity index (χ0v) is 12.1. The number of anilines is 1. The highest BCUT2D eigenvalue weighted by Crippen LogP contribution is 2.24. The summed E-state index contributed by atoms with van der Waals surface area (Å²) < 4.78 is 5.80. The van der Waals surface area contributed by atoms with Gasteiger partial charge in [0.25, 0.3) is 0 Å². The van der Waals surface area contributed by atoms with E-state index in [0.29, 0.717) is 11.2 Å². The van der Waals surface area contributed by atoms with Crippen LogP contribution in [0, 0.1) is 11.3 Å². The number of nitriles is 1. The molecule has 1 aliphatic rings. The number of ether oxygens (including phenoxy) is 1. The molecule has 3 heterocycles. The maximum absolute atomic E-state index is 9.43. The minimum atomic E-state index is 0.195. The van der Waals surface area contributed by atoms with Crippen molar-refractivity contribution in [1.29, 1.82) is 5.26 Å². The number of pyridine rings is 2.